The molecule has 1 amide bonds. The summed E-state index contributed by atoms with van der Waals surface area (Å²) in [5.41, 5.74) is 4.51. The number of hydrogen-bond acceptors (Lipinski definition) is 8. The van der Waals surface area contributed by atoms with E-state index in [-0.39, 0.29) is 16.5 Å². The molecule has 7 nitrogen and oxygen atoms in total. The highest BCUT2D eigenvalue weighted by molar-refractivity contribution is 8.00. The number of carbonyl (C=O) groups excluding carboxylic acids is 2. The van der Waals surface area contributed by atoms with Crippen molar-refractivity contribution >= 4 is 45.7 Å². The van der Waals surface area contributed by atoms with Gasteiger partial charge in [-0.15, -0.1) is 10.2 Å². The van der Waals surface area contributed by atoms with Crippen molar-refractivity contribution in [2.24, 2.45) is 0 Å². The van der Waals surface area contributed by atoms with E-state index >= 15 is 0 Å². The number of amides is 1. The highest BCUT2D eigenvalue weighted by Gasteiger charge is 2.50. The summed E-state index contributed by atoms with van der Waals surface area (Å²) in [5, 5.41) is 20.1. The highest BCUT2D eigenvalue weighted by Crippen LogP contribution is 2.44. The molecule has 1 N–H and O–H groups in total. The number of carbonyl (C=O) groups is 2. The van der Waals surface area contributed by atoms with Gasteiger partial charge in [0.25, 0.3) is 5.78 Å². The summed E-state index contributed by atoms with van der Waals surface area (Å²) in [6.45, 7) is 7.57. The number of aliphatic hydroxyl groups excluding tert-OH is 1. The molecule has 5 rings (SSSR count). The van der Waals surface area contributed by atoms with Crippen molar-refractivity contribution in [2.45, 2.75) is 43.8 Å². The Morgan fingerprint density at radius 2 is 1.73 bits per heavy atom. The summed E-state index contributed by atoms with van der Waals surface area (Å²) in [6.07, 6.45) is 0. The van der Waals surface area contributed by atoms with E-state index in [1.807, 2.05) is 32.9 Å². The SMILES string of the molecule is Cc1ccc(CSc2nnc(N3C(=O)C(=O)C(=C(O)c4cc(C)ccc4C)C3c3ccc(C)o3)s2)cc1. The molecule has 1 fully saturated rings. The molecule has 0 radical (unpaired) electrons. The van der Waals surface area contributed by atoms with Crippen molar-refractivity contribution in [2.75, 3.05) is 4.90 Å². The summed E-state index contributed by atoms with van der Waals surface area (Å²) in [7, 11) is 0. The molecule has 0 aliphatic carbocycles. The van der Waals surface area contributed by atoms with Crippen molar-refractivity contribution in [3.8, 4) is 0 Å². The molecule has 4 aromatic rings. The highest BCUT2D eigenvalue weighted by atomic mass is 32.2. The Hall–Kier alpha value is -3.69. The van der Waals surface area contributed by atoms with Crippen LogP contribution in [0.3, 0.4) is 0 Å². The molecule has 1 aliphatic rings. The lowest BCUT2D eigenvalue weighted by Crippen LogP contribution is -2.29. The first-order valence-electron chi connectivity index (χ1n) is 11.7. The van der Waals surface area contributed by atoms with Crippen LogP contribution in [-0.4, -0.2) is 27.0 Å². The molecule has 0 bridgehead atoms. The molecule has 2 aromatic heterocycles. The number of anilines is 1. The van der Waals surface area contributed by atoms with Crippen molar-refractivity contribution in [1.29, 1.82) is 0 Å². The number of ketones is 1. The van der Waals surface area contributed by atoms with Crippen LogP contribution in [0.5, 0.6) is 0 Å². The first-order chi connectivity index (χ1) is 17.7. The Balaban J connectivity index is 1.54. The lowest BCUT2D eigenvalue weighted by molar-refractivity contribution is -0.132. The van der Waals surface area contributed by atoms with E-state index in [9.17, 15) is 14.7 Å². The molecule has 1 atom stereocenters. The van der Waals surface area contributed by atoms with E-state index in [1.165, 1.54) is 33.6 Å². The molecule has 37 heavy (non-hydrogen) atoms. The maximum absolute atomic E-state index is 13.3. The van der Waals surface area contributed by atoms with Crippen LogP contribution in [0.25, 0.3) is 5.76 Å². The number of rotatable bonds is 6. The van der Waals surface area contributed by atoms with Gasteiger partial charge in [-0.2, -0.15) is 0 Å². The largest absolute Gasteiger partial charge is 0.507 e. The van der Waals surface area contributed by atoms with Gasteiger partial charge >= 0.3 is 5.91 Å². The van der Waals surface area contributed by atoms with E-state index in [2.05, 4.69) is 34.5 Å². The number of aliphatic hydroxyl groups is 1. The van der Waals surface area contributed by atoms with Crippen molar-refractivity contribution < 1.29 is 19.1 Å². The fraction of sp³-hybridized carbons (Fsp3) is 0.214. The number of benzene rings is 2. The van der Waals surface area contributed by atoms with E-state index in [0.717, 1.165) is 16.7 Å². The molecular weight excluding hydrogens is 506 g/mol. The minimum atomic E-state index is -0.962. The standard InChI is InChI=1S/C28H25N3O4S2/c1-15-6-10-19(11-7-15)14-36-28-30-29-27(37-28)31-23(21-12-9-18(4)35-21)22(25(33)26(31)34)24(32)20-13-16(2)5-8-17(20)3/h5-13,23,32H,14H2,1-4H3. The number of aryl methyl sites for hydroxylation is 4. The molecule has 3 heterocycles. The van der Waals surface area contributed by atoms with E-state index < -0.39 is 17.7 Å². The summed E-state index contributed by atoms with van der Waals surface area (Å²) in [4.78, 5) is 28.0. The maximum atomic E-state index is 13.3. The van der Waals surface area contributed by atoms with Crippen LogP contribution in [0.2, 0.25) is 0 Å². The second-order valence-electron chi connectivity index (χ2n) is 9.06. The quantitative estimate of drug-likeness (QED) is 0.103. The lowest BCUT2D eigenvalue weighted by atomic mass is 9.96. The third kappa shape index (κ3) is 4.84. The minimum Gasteiger partial charge on any atom is -0.507 e. The number of furan rings is 1. The van der Waals surface area contributed by atoms with Crippen LogP contribution in [0.1, 0.15) is 45.4 Å². The van der Waals surface area contributed by atoms with E-state index in [4.69, 9.17) is 4.42 Å². The van der Waals surface area contributed by atoms with Gasteiger partial charge in [0.05, 0.1) is 5.57 Å². The number of Topliss-reactive ketones (excluding diaryl/α,β-unsaturated/α-hetero) is 1. The third-order valence-electron chi connectivity index (χ3n) is 6.21. The van der Waals surface area contributed by atoms with Crippen LogP contribution in [0.15, 0.2) is 68.9 Å². The number of thioether (sulfide) groups is 1. The van der Waals surface area contributed by atoms with Crippen LogP contribution < -0.4 is 4.90 Å². The van der Waals surface area contributed by atoms with Crippen LogP contribution >= 0.6 is 23.1 Å². The summed E-state index contributed by atoms with van der Waals surface area (Å²) in [5.74, 6) is -0.119. The molecule has 1 aliphatic heterocycles. The maximum Gasteiger partial charge on any atom is 0.302 e. The van der Waals surface area contributed by atoms with E-state index in [1.54, 1.807) is 25.1 Å². The first kappa shape index (κ1) is 25.0. The summed E-state index contributed by atoms with van der Waals surface area (Å²) >= 11 is 2.73. The van der Waals surface area contributed by atoms with Crippen molar-refractivity contribution in [3.05, 3.63) is 99.5 Å². The van der Waals surface area contributed by atoms with Gasteiger partial charge in [-0.25, -0.2) is 0 Å². The summed E-state index contributed by atoms with van der Waals surface area (Å²) in [6, 6.07) is 16.3. The Labute approximate surface area is 222 Å². The van der Waals surface area contributed by atoms with Gasteiger partial charge in [0.15, 0.2) is 4.34 Å². The molecule has 1 unspecified atom stereocenters. The van der Waals surface area contributed by atoms with E-state index in [0.29, 0.717) is 27.2 Å². The van der Waals surface area contributed by atoms with Gasteiger partial charge in [-0.05, 0) is 57.0 Å². The van der Waals surface area contributed by atoms with Gasteiger partial charge in [-0.3, -0.25) is 14.5 Å². The fourth-order valence-electron chi connectivity index (χ4n) is 4.22. The van der Waals surface area contributed by atoms with Gasteiger partial charge in [0, 0.05) is 11.3 Å². The molecule has 188 valence electrons. The second kappa shape index (κ2) is 9.99. The smallest absolute Gasteiger partial charge is 0.302 e. The average molecular weight is 532 g/mol. The number of hydrogen-bond donors (Lipinski definition) is 1. The number of aromatic nitrogens is 2. The van der Waals surface area contributed by atoms with Gasteiger partial charge in [-0.1, -0.05) is 70.6 Å². The van der Waals surface area contributed by atoms with Gasteiger partial charge in [0.1, 0.15) is 23.3 Å². The normalized spacial score (nSPS) is 17.1. The fourth-order valence-corrected chi connectivity index (χ4v) is 6.05. The predicted octanol–water partition coefficient (Wildman–Crippen LogP) is 6.28. The first-order valence-corrected chi connectivity index (χ1v) is 13.5. The Morgan fingerprint density at radius 3 is 2.43 bits per heavy atom. The van der Waals surface area contributed by atoms with Crippen molar-refractivity contribution in [1.82, 2.24) is 10.2 Å². The zero-order valence-corrected chi connectivity index (χ0v) is 22.4. The molecule has 1 saturated heterocycles. The van der Waals surface area contributed by atoms with Crippen LogP contribution in [-0.2, 0) is 15.3 Å². The number of nitrogens with zero attached hydrogens (tertiary/aromatic N) is 3. The lowest BCUT2D eigenvalue weighted by Gasteiger charge is -2.20. The van der Waals surface area contributed by atoms with Crippen LogP contribution in [0, 0.1) is 27.7 Å². The Morgan fingerprint density at radius 1 is 1.00 bits per heavy atom. The topological polar surface area (TPSA) is 96.5 Å². The van der Waals surface area contributed by atoms with Gasteiger partial charge in [0.2, 0.25) is 5.13 Å². The summed E-state index contributed by atoms with van der Waals surface area (Å²) < 4.78 is 6.54. The predicted molar refractivity (Wildman–Crippen MR) is 145 cm³/mol. The van der Waals surface area contributed by atoms with Crippen LogP contribution in [0.4, 0.5) is 5.13 Å². The Kier molecular flexibility index (Phi) is 6.74. The molecule has 0 saturated carbocycles. The Bertz CT molecular complexity index is 1540. The molecular formula is C28H25N3O4S2. The zero-order valence-electron chi connectivity index (χ0n) is 20.8. The van der Waals surface area contributed by atoms with Crippen molar-refractivity contribution in [3.63, 3.8) is 0 Å². The molecule has 2 aromatic carbocycles. The third-order valence-corrected chi connectivity index (χ3v) is 8.34. The second-order valence-corrected chi connectivity index (χ2v) is 11.2. The minimum absolute atomic E-state index is 0.0305. The molecule has 0 spiro atoms. The zero-order chi connectivity index (χ0) is 26.3. The molecule has 9 heteroatoms. The monoisotopic (exact) mass is 531 g/mol. The van der Waals surface area contributed by atoms with Gasteiger partial charge < -0.3 is 9.52 Å². The average Bonchev–Trinajstić information content (AvgIpc) is 3.58.